The van der Waals surface area contributed by atoms with Crippen molar-refractivity contribution in [3.05, 3.63) is 101 Å². The quantitative estimate of drug-likeness (QED) is 0.241. The van der Waals surface area contributed by atoms with Crippen LogP contribution in [0.1, 0.15) is 23.1 Å². The summed E-state index contributed by atoms with van der Waals surface area (Å²) in [5.74, 6) is -0.647. The molecular formula is C31H31F4N3O5S. The van der Waals surface area contributed by atoms with Crippen molar-refractivity contribution in [2.75, 3.05) is 45.8 Å². The molecule has 3 aromatic rings. The van der Waals surface area contributed by atoms with Gasteiger partial charge < -0.3 is 19.7 Å². The lowest BCUT2D eigenvalue weighted by molar-refractivity contribution is -0.248. The van der Waals surface area contributed by atoms with Crippen molar-refractivity contribution >= 4 is 22.2 Å². The zero-order chi connectivity index (χ0) is 31.8. The van der Waals surface area contributed by atoms with Crippen LogP contribution >= 0.6 is 0 Å². The molecule has 0 aliphatic carbocycles. The third kappa shape index (κ3) is 5.48. The molecular weight excluding hydrogens is 602 g/mol. The van der Waals surface area contributed by atoms with Gasteiger partial charge in [-0.25, -0.2) is 17.6 Å². The second kappa shape index (κ2) is 11.9. The number of benzene rings is 3. The minimum Gasteiger partial charge on any atom is -0.372 e. The number of halogens is 4. The van der Waals surface area contributed by atoms with Crippen molar-refractivity contribution in [1.82, 2.24) is 14.7 Å². The number of alkyl halides is 3. The number of amides is 2. The molecule has 44 heavy (non-hydrogen) atoms. The summed E-state index contributed by atoms with van der Waals surface area (Å²) in [6, 6.07) is 15.0. The third-order valence-electron chi connectivity index (χ3n) is 8.55. The number of carbonyl (C=O) groups excluding carboxylic acids is 2. The SMILES string of the molecule is O=CCN1CCN(C(=O)N2CC[C@](c3ccc(C(O)(c4ccccc4)C(F)(F)F)cc3)(S(=O)(=O)c3ccc(F)cc3)C2)CC1. The fourth-order valence-electron chi connectivity index (χ4n) is 6.01. The summed E-state index contributed by atoms with van der Waals surface area (Å²) in [6.07, 6.45) is -4.38. The minimum absolute atomic E-state index is 0.0477. The molecule has 0 saturated carbocycles. The highest BCUT2D eigenvalue weighted by molar-refractivity contribution is 7.92. The van der Waals surface area contributed by atoms with Crippen molar-refractivity contribution in [2.45, 2.75) is 27.8 Å². The topological polar surface area (TPSA) is 98.2 Å². The molecule has 2 saturated heterocycles. The molecule has 2 aliphatic rings. The Morgan fingerprint density at radius 2 is 1.43 bits per heavy atom. The molecule has 8 nitrogen and oxygen atoms in total. The molecule has 0 spiro atoms. The van der Waals surface area contributed by atoms with Crippen molar-refractivity contribution in [1.29, 1.82) is 0 Å². The van der Waals surface area contributed by atoms with E-state index in [2.05, 4.69) is 0 Å². The maximum absolute atomic E-state index is 14.3. The van der Waals surface area contributed by atoms with Gasteiger partial charge in [-0.3, -0.25) is 4.90 Å². The minimum atomic E-state index is -5.10. The van der Waals surface area contributed by atoms with Gasteiger partial charge in [-0.1, -0.05) is 54.6 Å². The Bertz CT molecular complexity index is 1600. The molecule has 13 heteroatoms. The summed E-state index contributed by atoms with van der Waals surface area (Å²) in [5, 5.41) is 11.0. The molecule has 2 amide bonds. The van der Waals surface area contributed by atoms with Crippen LogP contribution in [-0.4, -0.2) is 92.5 Å². The zero-order valence-corrected chi connectivity index (χ0v) is 24.4. The highest BCUT2D eigenvalue weighted by Crippen LogP contribution is 2.47. The number of hydrogen-bond donors (Lipinski definition) is 1. The van der Waals surface area contributed by atoms with Gasteiger partial charge in [0.1, 0.15) is 16.9 Å². The van der Waals surface area contributed by atoms with Gasteiger partial charge in [0.2, 0.25) is 5.60 Å². The van der Waals surface area contributed by atoms with E-state index >= 15 is 0 Å². The van der Waals surface area contributed by atoms with E-state index in [0.717, 1.165) is 54.8 Å². The lowest BCUT2D eigenvalue weighted by Crippen LogP contribution is -2.53. The first-order valence-electron chi connectivity index (χ1n) is 14.0. The van der Waals surface area contributed by atoms with Gasteiger partial charge >= 0.3 is 12.2 Å². The van der Waals surface area contributed by atoms with Crippen molar-refractivity contribution in [2.24, 2.45) is 0 Å². The lowest BCUT2D eigenvalue weighted by atomic mass is 9.84. The van der Waals surface area contributed by atoms with Gasteiger partial charge in [-0.2, -0.15) is 13.2 Å². The number of nitrogens with zero attached hydrogens (tertiary/aromatic N) is 3. The second-order valence-electron chi connectivity index (χ2n) is 11.0. The Kier molecular flexibility index (Phi) is 8.58. The van der Waals surface area contributed by atoms with Gasteiger partial charge in [0, 0.05) is 39.3 Å². The zero-order valence-electron chi connectivity index (χ0n) is 23.6. The van der Waals surface area contributed by atoms with Crippen molar-refractivity contribution in [3.63, 3.8) is 0 Å². The van der Waals surface area contributed by atoms with Crippen molar-refractivity contribution in [3.8, 4) is 0 Å². The third-order valence-corrected chi connectivity index (χ3v) is 11.0. The standard InChI is InChI=1S/C31H31F4N3O5S/c32-26-10-12-27(13-11-26)44(42,43)29(14-15-38(22-29)28(40)37-18-16-36(17-19-37)20-21-39)23-6-8-25(9-7-23)30(41,31(33,34)35)24-4-2-1-3-5-24/h1-13,21,41H,14-20,22H2/t29-,30?/m0/s1. The summed E-state index contributed by atoms with van der Waals surface area (Å²) in [5.41, 5.74) is -4.14. The second-order valence-corrected chi connectivity index (χ2v) is 13.3. The highest BCUT2D eigenvalue weighted by Gasteiger charge is 2.57. The van der Waals surface area contributed by atoms with Crippen LogP contribution < -0.4 is 0 Å². The first-order chi connectivity index (χ1) is 20.8. The Morgan fingerprint density at radius 1 is 0.841 bits per heavy atom. The highest BCUT2D eigenvalue weighted by atomic mass is 32.2. The number of urea groups is 1. The van der Waals surface area contributed by atoms with E-state index in [4.69, 9.17) is 0 Å². The number of aldehydes is 1. The molecule has 0 aromatic heterocycles. The van der Waals surface area contributed by atoms with E-state index in [1.165, 1.54) is 35.2 Å². The molecule has 5 rings (SSSR count). The summed E-state index contributed by atoms with van der Waals surface area (Å²) in [6.45, 7) is 1.63. The van der Waals surface area contributed by atoms with E-state index < -0.39 is 43.3 Å². The van der Waals surface area contributed by atoms with Crippen LogP contribution in [0.25, 0.3) is 0 Å². The van der Waals surface area contributed by atoms with Gasteiger partial charge in [0.15, 0.2) is 9.84 Å². The number of rotatable bonds is 7. The van der Waals surface area contributed by atoms with E-state index in [1.54, 1.807) is 4.90 Å². The average Bonchev–Trinajstić information content (AvgIpc) is 3.49. The molecule has 2 aliphatic heterocycles. The fraction of sp³-hybridized carbons (Fsp3) is 0.355. The molecule has 2 fully saturated rings. The van der Waals surface area contributed by atoms with Crippen LogP contribution in [0.2, 0.25) is 0 Å². The Hall–Kier alpha value is -3.81. The maximum atomic E-state index is 14.3. The predicted octanol–water partition coefficient (Wildman–Crippen LogP) is 3.94. The Labute approximate surface area is 252 Å². The van der Waals surface area contributed by atoms with Crippen LogP contribution in [0.4, 0.5) is 22.4 Å². The van der Waals surface area contributed by atoms with E-state index in [9.17, 15) is 40.7 Å². The number of sulfone groups is 1. The molecule has 2 atom stereocenters. The Morgan fingerprint density at radius 3 is 2.00 bits per heavy atom. The van der Waals surface area contributed by atoms with Crippen LogP contribution in [0.15, 0.2) is 83.8 Å². The molecule has 0 radical (unpaired) electrons. The molecule has 1 N–H and O–H groups in total. The molecule has 1 unspecified atom stereocenters. The molecule has 3 aromatic carbocycles. The molecule has 2 heterocycles. The summed E-state index contributed by atoms with van der Waals surface area (Å²) in [4.78, 5) is 29.0. The number of carbonyl (C=O) groups is 2. The summed E-state index contributed by atoms with van der Waals surface area (Å²) in [7, 11) is -4.32. The van der Waals surface area contributed by atoms with Gasteiger partial charge in [0.05, 0.1) is 11.4 Å². The number of hydrogen-bond acceptors (Lipinski definition) is 6. The summed E-state index contributed by atoms with van der Waals surface area (Å²) < 4.78 is 83.5. The molecule has 234 valence electrons. The smallest absolute Gasteiger partial charge is 0.372 e. The van der Waals surface area contributed by atoms with Crippen LogP contribution in [0, 0.1) is 5.82 Å². The molecule has 0 bridgehead atoms. The van der Waals surface area contributed by atoms with Crippen LogP contribution in [0.3, 0.4) is 0 Å². The van der Waals surface area contributed by atoms with Crippen molar-refractivity contribution < 1.29 is 40.7 Å². The van der Waals surface area contributed by atoms with E-state index in [-0.39, 0.29) is 42.5 Å². The Balaban J connectivity index is 1.53. The van der Waals surface area contributed by atoms with Gasteiger partial charge in [0.25, 0.3) is 0 Å². The predicted molar refractivity (Wildman–Crippen MR) is 153 cm³/mol. The largest absolute Gasteiger partial charge is 0.425 e. The number of aliphatic hydroxyl groups is 1. The van der Waals surface area contributed by atoms with E-state index in [1.807, 2.05) is 4.90 Å². The first kappa shape index (κ1) is 31.6. The van der Waals surface area contributed by atoms with Gasteiger partial charge in [-0.15, -0.1) is 0 Å². The maximum Gasteiger partial charge on any atom is 0.425 e. The number of piperazine rings is 1. The monoisotopic (exact) mass is 633 g/mol. The van der Waals surface area contributed by atoms with E-state index in [0.29, 0.717) is 26.2 Å². The van der Waals surface area contributed by atoms with Crippen LogP contribution in [-0.2, 0) is 25.0 Å². The lowest BCUT2D eigenvalue weighted by Gasteiger charge is -2.36. The van der Waals surface area contributed by atoms with Crippen LogP contribution in [0.5, 0.6) is 0 Å². The van der Waals surface area contributed by atoms with Gasteiger partial charge in [-0.05, 0) is 47.4 Å². The fourth-order valence-corrected chi connectivity index (χ4v) is 8.09. The number of likely N-dealkylation sites (tertiary alicyclic amines) is 1. The first-order valence-corrected chi connectivity index (χ1v) is 15.5. The summed E-state index contributed by atoms with van der Waals surface area (Å²) >= 11 is 0. The normalized spacial score (nSPS) is 21.2. The average molecular weight is 634 g/mol.